The van der Waals surface area contributed by atoms with E-state index in [1.165, 1.54) is 0 Å². The Morgan fingerprint density at radius 2 is 2.07 bits per heavy atom. The average molecular weight is 207 g/mol. The van der Waals surface area contributed by atoms with Crippen LogP contribution in [-0.2, 0) is 11.2 Å². The van der Waals surface area contributed by atoms with E-state index in [1.807, 2.05) is 31.1 Å². The van der Waals surface area contributed by atoms with Crippen molar-refractivity contribution in [2.45, 2.75) is 6.42 Å². The van der Waals surface area contributed by atoms with Gasteiger partial charge in [0.25, 0.3) is 0 Å². The lowest BCUT2D eigenvalue weighted by Gasteiger charge is -2.10. The maximum Gasteiger partial charge on any atom is 0.224 e. The number of aromatic nitrogens is 1. The van der Waals surface area contributed by atoms with Crippen molar-refractivity contribution in [3.8, 4) is 0 Å². The van der Waals surface area contributed by atoms with E-state index in [-0.39, 0.29) is 5.91 Å². The first-order valence-corrected chi connectivity index (χ1v) is 4.99. The summed E-state index contributed by atoms with van der Waals surface area (Å²) in [5, 5.41) is 2.86. The number of hydrogen-bond acceptors (Lipinski definition) is 3. The summed E-state index contributed by atoms with van der Waals surface area (Å²) in [5.41, 5.74) is 0.993. The molecule has 0 spiro atoms. The molecular formula is C11H17N3O. The van der Waals surface area contributed by atoms with Gasteiger partial charge in [0.05, 0.1) is 6.42 Å². The number of rotatable bonds is 5. The molecule has 0 bridgehead atoms. The van der Waals surface area contributed by atoms with E-state index in [0.717, 1.165) is 12.1 Å². The summed E-state index contributed by atoms with van der Waals surface area (Å²) in [6, 6.07) is 3.71. The third-order valence-corrected chi connectivity index (χ3v) is 2.00. The monoisotopic (exact) mass is 207 g/mol. The van der Waals surface area contributed by atoms with Crippen LogP contribution >= 0.6 is 0 Å². The first-order valence-electron chi connectivity index (χ1n) is 4.99. The van der Waals surface area contributed by atoms with Gasteiger partial charge in [0.15, 0.2) is 0 Å². The van der Waals surface area contributed by atoms with Crippen molar-refractivity contribution >= 4 is 5.91 Å². The first-order chi connectivity index (χ1) is 7.18. The average Bonchev–Trinajstić information content (AvgIpc) is 2.18. The van der Waals surface area contributed by atoms with E-state index in [0.29, 0.717) is 13.0 Å². The van der Waals surface area contributed by atoms with Gasteiger partial charge in [-0.2, -0.15) is 0 Å². The van der Waals surface area contributed by atoms with Crippen molar-refractivity contribution in [2.24, 2.45) is 0 Å². The molecule has 0 aliphatic heterocycles. The highest BCUT2D eigenvalue weighted by Crippen LogP contribution is 1.96. The second kappa shape index (κ2) is 6.14. The number of hydrogen-bond donors (Lipinski definition) is 1. The van der Waals surface area contributed by atoms with Gasteiger partial charge in [-0.3, -0.25) is 9.78 Å². The second-order valence-corrected chi connectivity index (χ2v) is 3.69. The van der Waals surface area contributed by atoms with Gasteiger partial charge >= 0.3 is 0 Å². The molecule has 1 heterocycles. The molecule has 0 aromatic carbocycles. The lowest BCUT2D eigenvalue weighted by molar-refractivity contribution is -0.120. The van der Waals surface area contributed by atoms with E-state index in [1.54, 1.807) is 12.4 Å². The van der Waals surface area contributed by atoms with Gasteiger partial charge < -0.3 is 10.2 Å². The SMILES string of the molecule is CN(C)CCNC(=O)Cc1ccncc1. The van der Waals surface area contributed by atoms with Gasteiger partial charge in [-0.15, -0.1) is 0 Å². The van der Waals surface area contributed by atoms with Gasteiger partial charge in [0.1, 0.15) is 0 Å². The quantitative estimate of drug-likeness (QED) is 0.755. The Balaban J connectivity index is 2.25. The summed E-state index contributed by atoms with van der Waals surface area (Å²) in [4.78, 5) is 17.4. The zero-order valence-corrected chi connectivity index (χ0v) is 9.23. The van der Waals surface area contributed by atoms with Crippen molar-refractivity contribution in [1.29, 1.82) is 0 Å². The van der Waals surface area contributed by atoms with Gasteiger partial charge in [-0.25, -0.2) is 0 Å². The van der Waals surface area contributed by atoms with Crippen LogP contribution in [-0.4, -0.2) is 43.0 Å². The fraction of sp³-hybridized carbons (Fsp3) is 0.455. The maximum atomic E-state index is 11.4. The fourth-order valence-electron chi connectivity index (χ4n) is 1.17. The molecule has 4 nitrogen and oxygen atoms in total. The van der Waals surface area contributed by atoms with Crippen LogP contribution < -0.4 is 5.32 Å². The van der Waals surface area contributed by atoms with E-state index in [4.69, 9.17) is 0 Å². The standard InChI is InChI=1S/C11H17N3O/c1-14(2)8-7-13-11(15)9-10-3-5-12-6-4-10/h3-6H,7-9H2,1-2H3,(H,13,15). The highest BCUT2D eigenvalue weighted by Gasteiger charge is 2.01. The van der Waals surface area contributed by atoms with E-state index in [2.05, 4.69) is 10.3 Å². The van der Waals surface area contributed by atoms with Gasteiger partial charge in [-0.1, -0.05) is 0 Å². The zero-order chi connectivity index (χ0) is 11.1. The van der Waals surface area contributed by atoms with Crippen molar-refractivity contribution in [2.75, 3.05) is 27.2 Å². The number of nitrogens with one attached hydrogen (secondary N) is 1. The molecule has 1 aromatic rings. The molecule has 1 amide bonds. The Hall–Kier alpha value is -1.42. The molecule has 1 N–H and O–H groups in total. The summed E-state index contributed by atoms with van der Waals surface area (Å²) < 4.78 is 0. The minimum atomic E-state index is 0.0584. The van der Waals surface area contributed by atoms with Crippen molar-refractivity contribution in [3.05, 3.63) is 30.1 Å². The molecule has 0 fully saturated rings. The molecule has 0 radical (unpaired) electrons. The van der Waals surface area contributed by atoms with Crippen LogP contribution in [0.15, 0.2) is 24.5 Å². The molecule has 0 aliphatic carbocycles. The van der Waals surface area contributed by atoms with Crippen LogP contribution in [0.25, 0.3) is 0 Å². The molecule has 0 unspecified atom stereocenters. The lowest BCUT2D eigenvalue weighted by Crippen LogP contribution is -2.32. The molecule has 4 heteroatoms. The van der Waals surface area contributed by atoms with Gasteiger partial charge in [-0.05, 0) is 31.8 Å². The van der Waals surface area contributed by atoms with Crippen LogP contribution in [0.5, 0.6) is 0 Å². The molecule has 1 aromatic heterocycles. The summed E-state index contributed by atoms with van der Waals surface area (Å²) in [7, 11) is 3.96. The topological polar surface area (TPSA) is 45.2 Å². The Morgan fingerprint density at radius 1 is 1.40 bits per heavy atom. The summed E-state index contributed by atoms with van der Waals surface area (Å²) in [6.45, 7) is 1.55. The maximum absolute atomic E-state index is 11.4. The van der Waals surface area contributed by atoms with E-state index < -0.39 is 0 Å². The second-order valence-electron chi connectivity index (χ2n) is 3.69. The van der Waals surface area contributed by atoms with Gasteiger partial charge in [0.2, 0.25) is 5.91 Å². The molecule has 0 atom stereocenters. The Morgan fingerprint density at radius 3 is 2.67 bits per heavy atom. The largest absolute Gasteiger partial charge is 0.355 e. The molecular weight excluding hydrogens is 190 g/mol. The third kappa shape index (κ3) is 5.12. The minimum absolute atomic E-state index is 0.0584. The van der Waals surface area contributed by atoms with Crippen molar-refractivity contribution < 1.29 is 4.79 Å². The molecule has 82 valence electrons. The number of amides is 1. The number of pyridine rings is 1. The fourth-order valence-corrected chi connectivity index (χ4v) is 1.17. The highest BCUT2D eigenvalue weighted by molar-refractivity contribution is 5.78. The van der Waals surface area contributed by atoms with Gasteiger partial charge in [0, 0.05) is 25.5 Å². The van der Waals surface area contributed by atoms with E-state index >= 15 is 0 Å². The normalized spacial score (nSPS) is 10.3. The van der Waals surface area contributed by atoms with Crippen LogP contribution in [0.1, 0.15) is 5.56 Å². The summed E-state index contributed by atoms with van der Waals surface area (Å²) in [5.74, 6) is 0.0584. The number of carbonyl (C=O) groups is 1. The third-order valence-electron chi connectivity index (χ3n) is 2.00. The highest BCUT2D eigenvalue weighted by atomic mass is 16.1. The molecule has 0 aliphatic rings. The smallest absolute Gasteiger partial charge is 0.224 e. The van der Waals surface area contributed by atoms with Crippen LogP contribution in [0.4, 0.5) is 0 Å². The van der Waals surface area contributed by atoms with Crippen LogP contribution in [0.3, 0.4) is 0 Å². The number of likely N-dealkylation sites (N-methyl/N-ethyl adjacent to an activating group) is 1. The Labute approximate surface area is 90.3 Å². The minimum Gasteiger partial charge on any atom is -0.355 e. The molecule has 0 saturated heterocycles. The predicted octanol–water partition coefficient (Wildman–Crippen LogP) is 0.302. The predicted molar refractivity (Wildman–Crippen MR) is 59.5 cm³/mol. The van der Waals surface area contributed by atoms with Crippen LogP contribution in [0, 0.1) is 0 Å². The van der Waals surface area contributed by atoms with Crippen LogP contribution in [0.2, 0.25) is 0 Å². The molecule has 0 saturated carbocycles. The number of carbonyl (C=O) groups excluding carboxylic acids is 1. The van der Waals surface area contributed by atoms with Crippen molar-refractivity contribution in [3.63, 3.8) is 0 Å². The Bertz CT molecular complexity index is 298. The number of nitrogens with zero attached hydrogens (tertiary/aromatic N) is 2. The summed E-state index contributed by atoms with van der Waals surface area (Å²) in [6.07, 6.45) is 3.82. The lowest BCUT2D eigenvalue weighted by atomic mass is 10.2. The summed E-state index contributed by atoms with van der Waals surface area (Å²) >= 11 is 0. The molecule has 15 heavy (non-hydrogen) atoms. The molecule has 1 rings (SSSR count). The zero-order valence-electron chi connectivity index (χ0n) is 9.23. The Kier molecular flexibility index (Phi) is 4.77. The first kappa shape index (κ1) is 11.7. The van der Waals surface area contributed by atoms with E-state index in [9.17, 15) is 4.79 Å². The van der Waals surface area contributed by atoms with Crippen molar-refractivity contribution in [1.82, 2.24) is 15.2 Å².